The molecule has 0 aliphatic carbocycles. The zero-order valence-electron chi connectivity index (χ0n) is 17.3. The molecule has 1 heterocycles. The van der Waals surface area contributed by atoms with E-state index in [1.165, 1.54) is 5.56 Å². The number of benzene rings is 2. The van der Waals surface area contributed by atoms with Gasteiger partial charge in [-0.2, -0.15) is 0 Å². The highest BCUT2D eigenvalue weighted by Gasteiger charge is 2.21. The van der Waals surface area contributed by atoms with Gasteiger partial charge in [-0.3, -0.25) is 15.0 Å². The van der Waals surface area contributed by atoms with Crippen LogP contribution in [0.1, 0.15) is 28.8 Å². The van der Waals surface area contributed by atoms with Crippen molar-refractivity contribution in [3.05, 3.63) is 65.7 Å². The molecule has 0 radical (unpaired) electrons. The Morgan fingerprint density at radius 2 is 1.77 bits per heavy atom. The first kappa shape index (κ1) is 22.2. The number of methoxy groups -OCH3 is 1. The first-order chi connectivity index (χ1) is 14.7. The van der Waals surface area contributed by atoms with Crippen LogP contribution in [0.3, 0.4) is 0 Å². The van der Waals surface area contributed by atoms with Crippen LogP contribution < -0.4 is 15.4 Å². The number of para-hydroxylation sites is 1. The van der Waals surface area contributed by atoms with Crippen molar-refractivity contribution in [3.8, 4) is 5.75 Å². The van der Waals surface area contributed by atoms with E-state index in [-0.39, 0.29) is 11.9 Å². The highest BCUT2D eigenvalue weighted by Crippen LogP contribution is 2.18. The van der Waals surface area contributed by atoms with E-state index < -0.39 is 0 Å². The Bertz CT molecular complexity index is 823. The van der Waals surface area contributed by atoms with Crippen LogP contribution in [0.4, 0.5) is 0 Å². The fraction of sp³-hybridized carbons (Fsp3) is 0.391. The summed E-state index contributed by atoms with van der Waals surface area (Å²) >= 11 is 5.38. The molecule has 2 N–H and O–H groups in total. The summed E-state index contributed by atoms with van der Waals surface area (Å²) in [6.45, 7) is 3.80. The van der Waals surface area contributed by atoms with Crippen LogP contribution in [0.25, 0.3) is 0 Å². The number of nitrogens with one attached hydrogen (secondary N) is 2. The zero-order valence-corrected chi connectivity index (χ0v) is 18.1. The van der Waals surface area contributed by atoms with E-state index in [1.54, 1.807) is 25.3 Å². The topological polar surface area (TPSA) is 62.8 Å². The lowest BCUT2D eigenvalue weighted by atomic mass is 10.0. The molecule has 0 bridgehead atoms. The van der Waals surface area contributed by atoms with E-state index >= 15 is 0 Å². The van der Waals surface area contributed by atoms with Gasteiger partial charge in [-0.1, -0.05) is 42.5 Å². The summed E-state index contributed by atoms with van der Waals surface area (Å²) in [5, 5.41) is 6.42. The molecule has 2 aromatic carbocycles. The maximum atomic E-state index is 12.6. The van der Waals surface area contributed by atoms with Crippen LogP contribution in [0.15, 0.2) is 54.6 Å². The lowest BCUT2D eigenvalue weighted by Gasteiger charge is -2.32. The molecule has 1 amide bonds. The second-order valence-corrected chi connectivity index (χ2v) is 7.71. The number of carbonyl (C=O) groups excluding carboxylic acids is 1. The lowest BCUT2D eigenvalue weighted by Crippen LogP contribution is -2.48. The quantitative estimate of drug-likeness (QED) is 0.499. The van der Waals surface area contributed by atoms with Crippen molar-refractivity contribution < 1.29 is 14.3 Å². The third-order valence-electron chi connectivity index (χ3n) is 5.08. The Balaban J connectivity index is 1.44. The van der Waals surface area contributed by atoms with E-state index in [0.29, 0.717) is 29.6 Å². The minimum absolute atomic E-state index is 0.262. The van der Waals surface area contributed by atoms with Crippen molar-refractivity contribution in [3.63, 3.8) is 0 Å². The molecular weight excluding hydrogens is 398 g/mol. The van der Waals surface area contributed by atoms with Gasteiger partial charge in [0.25, 0.3) is 5.91 Å². The highest BCUT2D eigenvalue weighted by atomic mass is 32.1. The minimum atomic E-state index is -0.276. The normalized spacial score (nSPS) is 14.8. The Hall–Kier alpha value is -2.48. The molecule has 6 nitrogen and oxygen atoms in total. The summed E-state index contributed by atoms with van der Waals surface area (Å²) in [4.78, 5) is 15.1. The maximum Gasteiger partial charge on any atom is 0.261 e. The monoisotopic (exact) mass is 427 g/mol. The van der Waals surface area contributed by atoms with E-state index in [2.05, 4.69) is 39.8 Å². The lowest BCUT2D eigenvalue weighted by molar-refractivity contribution is 0.0968. The van der Waals surface area contributed by atoms with Gasteiger partial charge in [0.05, 0.1) is 12.2 Å². The summed E-state index contributed by atoms with van der Waals surface area (Å²) in [6, 6.07) is 17.9. The van der Waals surface area contributed by atoms with Gasteiger partial charge >= 0.3 is 0 Å². The van der Waals surface area contributed by atoms with Gasteiger partial charge in [0.15, 0.2) is 5.11 Å². The molecule has 1 aliphatic heterocycles. The number of hydrogen-bond donors (Lipinski definition) is 2. The molecule has 2 aromatic rings. The van der Waals surface area contributed by atoms with Gasteiger partial charge in [-0.25, -0.2) is 0 Å². The first-order valence-electron chi connectivity index (χ1n) is 10.2. The highest BCUT2D eigenvalue weighted by molar-refractivity contribution is 7.80. The molecule has 1 saturated heterocycles. The summed E-state index contributed by atoms with van der Waals surface area (Å²) in [5.74, 6) is 0.242. The van der Waals surface area contributed by atoms with E-state index in [1.807, 2.05) is 12.1 Å². The van der Waals surface area contributed by atoms with Crippen LogP contribution in [-0.2, 0) is 11.3 Å². The third kappa shape index (κ3) is 6.79. The zero-order chi connectivity index (χ0) is 21.2. The standard InChI is InChI=1S/C23H29N3O3S/c1-28-15-16-29-21-10-6-5-9-20(21)22(27)25-23(30)24-19-11-13-26(14-12-19)17-18-7-3-2-4-8-18/h2-10,19H,11-17H2,1H3,(H2,24,25,27,30). The molecule has 160 valence electrons. The smallest absolute Gasteiger partial charge is 0.261 e. The second kappa shape index (κ2) is 11.6. The minimum Gasteiger partial charge on any atom is -0.490 e. The van der Waals surface area contributed by atoms with E-state index in [9.17, 15) is 4.79 Å². The first-order valence-corrected chi connectivity index (χ1v) is 10.7. The van der Waals surface area contributed by atoms with Gasteiger partial charge < -0.3 is 14.8 Å². The Morgan fingerprint density at radius 1 is 1.07 bits per heavy atom. The number of likely N-dealkylation sites (tertiary alicyclic amines) is 1. The molecular formula is C23H29N3O3S. The van der Waals surface area contributed by atoms with Crippen LogP contribution >= 0.6 is 12.2 Å². The summed E-state index contributed by atoms with van der Waals surface area (Å²) in [7, 11) is 1.61. The third-order valence-corrected chi connectivity index (χ3v) is 5.30. The average Bonchev–Trinajstić information content (AvgIpc) is 2.76. The van der Waals surface area contributed by atoms with Gasteiger partial charge in [-0.15, -0.1) is 0 Å². The summed E-state index contributed by atoms with van der Waals surface area (Å²) in [5.41, 5.74) is 1.79. The van der Waals surface area contributed by atoms with Gasteiger partial charge in [0, 0.05) is 32.8 Å². The largest absolute Gasteiger partial charge is 0.490 e. The van der Waals surface area contributed by atoms with E-state index in [4.69, 9.17) is 21.7 Å². The van der Waals surface area contributed by atoms with Crippen molar-refractivity contribution in [1.29, 1.82) is 0 Å². The molecule has 3 rings (SSSR count). The number of amides is 1. The number of rotatable bonds is 8. The molecule has 30 heavy (non-hydrogen) atoms. The summed E-state index contributed by atoms with van der Waals surface area (Å²) in [6.07, 6.45) is 1.97. The van der Waals surface area contributed by atoms with Gasteiger partial charge in [-0.05, 0) is 42.8 Å². The number of piperidine rings is 1. The molecule has 7 heteroatoms. The number of carbonyl (C=O) groups is 1. The van der Waals surface area contributed by atoms with Gasteiger partial charge in [0.1, 0.15) is 12.4 Å². The molecule has 1 fully saturated rings. The molecule has 0 spiro atoms. The fourth-order valence-corrected chi connectivity index (χ4v) is 3.74. The maximum absolute atomic E-state index is 12.6. The van der Waals surface area contributed by atoms with Crippen LogP contribution in [0, 0.1) is 0 Å². The molecule has 0 aromatic heterocycles. The average molecular weight is 428 g/mol. The Kier molecular flexibility index (Phi) is 8.62. The summed E-state index contributed by atoms with van der Waals surface area (Å²) < 4.78 is 10.6. The molecule has 0 unspecified atom stereocenters. The van der Waals surface area contributed by atoms with E-state index in [0.717, 1.165) is 32.5 Å². The predicted octanol–water partition coefficient (Wildman–Crippen LogP) is 2.98. The van der Waals surface area contributed by atoms with Crippen molar-refractivity contribution in [1.82, 2.24) is 15.5 Å². The van der Waals surface area contributed by atoms with Crippen molar-refractivity contribution in [2.24, 2.45) is 0 Å². The van der Waals surface area contributed by atoms with Crippen LogP contribution in [0.2, 0.25) is 0 Å². The van der Waals surface area contributed by atoms with Crippen LogP contribution in [0.5, 0.6) is 5.75 Å². The SMILES string of the molecule is COCCOc1ccccc1C(=O)NC(=S)NC1CCN(Cc2ccccc2)CC1. The van der Waals surface area contributed by atoms with Crippen LogP contribution in [-0.4, -0.2) is 55.4 Å². The number of thiocarbonyl (C=S) groups is 1. The predicted molar refractivity (Wildman–Crippen MR) is 122 cm³/mol. The molecule has 0 atom stereocenters. The number of ether oxygens (including phenoxy) is 2. The van der Waals surface area contributed by atoms with Crippen molar-refractivity contribution >= 4 is 23.2 Å². The Labute approximate surface area is 183 Å². The molecule has 1 aliphatic rings. The number of nitrogens with zero attached hydrogens (tertiary/aromatic N) is 1. The second-order valence-electron chi connectivity index (χ2n) is 7.30. The Morgan fingerprint density at radius 3 is 2.50 bits per heavy atom. The molecule has 0 saturated carbocycles. The van der Waals surface area contributed by atoms with Gasteiger partial charge in [0.2, 0.25) is 0 Å². The fourth-order valence-electron chi connectivity index (χ4n) is 3.48. The van der Waals surface area contributed by atoms with Crippen molar-refractivity contribution in [2.75, 3.05) is 33.4 Å². The number of hydrogen-bond acceptors (Lipinski definition) is 5. The van der Waals surface area contributed by atoms with Crippen molar-refractivity contribution in [2.45, 2.75) is 25.4 Å².